The fourth-order valence-electron chi connectivity index (χ4n) is 5.12. The summed E-state index contributed by atoms with van der Waals surface area (Å²) in [6, 6.07) is 0. The van der Waals surface area contributed by atoms with E-state index in [2.05, 4.69) is 17.0 Å². The molecule has 4 fully saturated rings. The van der Waals surface area contributed by atoms with Crippen LogP contribution in [0.3, 0.4) is 0 Å². The van der Waals surface area contributed by atoms with Gasteiger partial charge in [-0.3, -0.25) is 4.52 Å². The lowest BCUT2D eigenvalue weighted by molar-refractivity contribution is -0.763. The van der Waals surface area contributed by atoms with E-state index in [0.29, 0.717) is 10.4 Å². The Morgan fingerprint density at radius 1 is 1.25 bits per heavy atom. The number of rotatable bonds is 4. The lowest BCUT2D eigenvalue weighted by Crippen LogP contribution is -2.49. The van der Waals surface area contributed by atoms with Crippen molar-refractivity contribution in [1.29, 1.82) is 0 Å². The van der Waals surface area contributed by atoms with Gasteiger partial charge in [0.15, 0.2) is 6.54 Å². The molecule has 1 aromatic heterocycles. The van der Waals surface area contributed by atoms with Gasteiger partial charge in [0, 0.05) is 11.7 Å². The molecule has 4 saturated carbocycles. The molecular weight excluding hydrogens is 272 g/mol. The number of nitrogens with zero attached hydrogens (tertiary/aromatic N) is 1. The molecule has 110 valence electrons. The predicted molar refractivity (Wildman–Crippen MR) is 77.6 cm³/mol. The van der Waals surface area contributed by atoms with Crippen LogP contribution in [0.5, 0.6) is 0 Å². The molecule has 1 aromatic rings. The van der Waals surface area contributed by atoms with Crippen LogP contribution in [0.2, 0.25) is 0 Å². The summed E-state index contributed by atoms with van der Waals surface area (Å²) in [6.45, 7) is 2.67. The van der Waals surface area contributed by atoms with Crippen LogP contribution < -0.4 is 10.3 Å². The van der Waals surface area contributed by atoms with Gasteiger partial charge in [0.2, 0.25) is 0 Å². The molecule has 5 rings (SSSR count). The van der Waals surface area contributed by atoms with Gasteiger partial charge in [-0.1, -0.05) is 4.68 Å². The number of aromatic amines is 1. The van der Waals surface area contributed by atoms with Crippen LogP contribution in [0.15, 0.2) is 9.32 Å². The Morgan fingerprint density at radius 2 is 1.85 bits per heavy atom. The second-order valence-electron chi connectivity index (χ2n) is 7.17. The lowest BCUT2D eigenvalue weighted by Gasteiger charge is -2.56. The molecule has 0 atom stereocenters. The molecule has 5 heteroatoms. The Hall–Kier alpha value is -0.710. The first-order chi connectivity index (χ1) is 9.63. The third-order valence-corrected chi connectivity index (χ3v) is 7.15. The predicted octanol–water partition coefficient (Wildman–Crippen LogP) is 2.27. The number of aryl methyl sites for hydroxylation is 1. The summed E-state index contributed by atoms with van der Waals surface area (Å²) in [4.78, 5) is 11.3. The third-order valence-electron chi connectivity index (χ3n) is 5.65. The Bertz CT molecular complexity index is 527. The van der Waals surface area contributed by atoms with E-state index in [1.807, 2.05) is 11.6 Å². The maximum atomic E-state index is 11.3. The summed E-state index contributed by atoms with van der Waals surface area (Å²) in [7, 11) is 0. The number of H-pyrrole nitrogens is 1. The molecule has 1 heterocycles. The van der Waals surface area contributed by atoms with Crippen molar-refractivity contribution in [2.75, 3.05) is 5.75 Å². The molecule has 0 saturated heterocycles. The average Bonchev–Trinajstić information content (AvgIpc) is 2.69. The van der Waals surface area contributed by atoms with E-state index in [1.54, 1.807) is 0 Å². The van der Waals surface area contributed by atoms with Gasteiger partial charge >= 0.3 is 5.63 Å². The normalized spacial score (nSPS) is 38.5. The second-order valence-corrected chi connectivity index (χ2v) is 8.73. The van der Waals surface area contributed by atoms with Crippen molar-refractivity contribution >= 4 is 11.8 Å². The highest BCUT2D eigenvalue weighted by Gasteiger charge is 2.51. The van der Waals surface area contributed by atoms with Gasteiger partial charge in [-0.05, 0) is 61.6 Å². The average molecular weight is 295 g/mol. The zero-order valence-electron chi connectivity index (χ0n) is 12.1. The van der Waals surface area contributed by atoms with Gasteiger partial charge in [0.25, 0.3) is 5.69 Å². The highest BCUT2D eigenvalue weighted by molar-refractivity contribution is 8.00. The fourth-order valence-corrected chi connectivity index (χ4v) is 6.89. The van der Waals surface area contributed by atoms with Crippen LogP contribution in [0.4, 0.5) is 0 Å². The molecule has 4 bridgehead atoms. The molecule has 0 aromatic carbocycles. The van der Waals surface area contributed by atoms with Crippen molar-refractivity contribution in [1.82, 2.24) is 5.27 Å². The Morgan fingerprint density at radius 3 is 2.35 bits per heavy atom. The summed E-state index contributed by atoms with van der Waals surface area (Å²) < 4.78 is 7.22. The monoisotopic (exact) mass is 295 g/mol. The highest BCUT2D eigenvalue weighted by atomic mass is 32.2. The van der Waals surface area contributed by atoms with Crippen LogP contribution in [0.25, 0.3) is 0 Å². The smallest absolute Gasteiger partial charge is 0.283 e. The molecule has 4 nitrogen and oxygen atoms in total. The van der Waals surface area contributed by atoms with Gasteiger partial charge in [-0.25, -0.2) is 4.79 Å². The number of hydrogen-bond donors (Lipinski definition) is 1. The van der Waals surface area contributed by atoms with Crippen LogP contribution in [0, 0.1) is 24.7 Å². The van der Waals surface area contributed by atoms with E-state index >= 15 is 0 Å². The van der Waals surface area contributed by atoms with Gasteiger partial charge in [-0.2, -0.15) is 0 Å². The van der Waals surface area contributed by atoms with Crippen LogP contribution >= 0.6 is 11.8 Å². The van der Waals surface area contributed by atoms with Crippen molar-refractivity contribution in [3.8, 4) is 0 Å². The quantitative estimate of drug-likeness (QED) is 0.867. The summed E-state index contributed by atoms with van der Waals surface area (Å²) in [5.41, 5.74) is 0.431. The topological polar surface area (TPSA) is 49.9 Å². The Balaban J connectivity index is 1.40. The maximum absolute atomic E-state index is 11.3. The number of nitrogens with one attached hydrogen (secondary N) is 1. The standard InChI is InChI=1S/C15H22N2O2S/c1-10-14(18)19-16-17(10)2-3-20-15-7-11-4-12(8-15)6-13(5-11)9-15/h11-13H,2-9H2,1H3/p+1. The Labute approximate surface area is 123 Å². The van der Waals surface area contributed by atoms with E-state index < -0.39 is 0 Å². The first kappa shape index (κ1) is 13.0. The minimum Gasteiger partial charge on any atom is -0.283 e. The van der Waals surface area contributed by atoms with Gasteiger partial charge in [0.1, 0.15) is 0 Å². The first-order valence-corrected chi connectivity index (χ1v) is 8.84. The van der Waals surface area contributed by atoms with Crippen molar-refractivity contribution in [2.45, 2.75) is 56.7 Å². The molecule has 0 unspecified atom stereocenters. The van der Waals surface area contributed by atoms with Crippen molar-refractivity contribution in [3.63, 3.8) is 0 Å². The lowest BCUT2D eigenvalue weighted by atomic mass is 9.56. The van der Waals surface area contributed by atoms with Crippen LogP contribution in [-0.4, -0.2) is 15.8 Å². The van der Waals surface area contributed by atoms with Crippen molar-refractivity contribution in [3.05, 3.63) is 16.1 Å². The molecule has 0 amide bonds. The second kappa shape index (κ2) is 4.65. The van der Waals surface area contributed by atoms with Crippen molar-refractivity contribution in [2.24, 2.45) is 17.8 Å². The van der Waals surface area contributed by atoms with Crippen LogP contribution in [-0.2, 0) is 6.54 Å². The molecule has 0 aliphatic heterocycles. The minimum atomic E-state index is -0.246. The zero-order chi connectivity index (χ0) is 13.7. The maximum Gasteiger partial charge on any atom is 0.429 e. The molecule has 4 aliphatic carbocycles. The number of thioether (sulfide) groups is 1. The zero-order valence-corrected chi connectivity index (χ0v) is 12.9. The van der Waals surface area contributed by atoms with Gasteiger partial charge in [-0.15, -0.1) is 11.8 Å². The highest BCUT2D eigenvalue weighted by Crippen LogP contribution is 2.60. The largest absolute Gasteiger partial charge is 0.429 e. The molecular formula is C15H23N2O2S+. The summed E-state index contributed by atoms with van der Waals surface area (Å²) in [5, 5.41) is 2.70. The van der Waals surface area contributed by atoms with Crippen molar-refractivity contribution < 1.29 is 9.20 Å². The van der Waals surface area contributed by atoms with E-state index in [1.165, 1.54) is 38.5 Å². The van der Waals surface area contributed by atoms with E-state index in [9.17, 15) is 4.79 Å². The van der Waals surface area contributed by atoms with E-state index in [-0.39, 0.29) is 5.63 Å². The molecule has 1 N–H and O–H groups in total. The Kier molecular flexibility index (Phi) is 3.02. The number of aromatic nitrogens is 2. The van der Waals surface area contributed by atoms with E-state index in [4.69, 9.17) is 4.52 Å². The molecule has 4 aliphatic rings. The minimum absolute atomic E-state index is 0.246. The molecule has 0 spiro atoms. The third kappa shape index (κ3) is 2.14. The summed E-state index contributed by atoms with van der Waals surface area (Å²) in [6.07, 6.45) is 8.83. The fraction of sp³-hybridized carbons (Fsp3) is 0.867. The summed E-state index contributed by atoms with van der Waals surface area (Å²) >= 11 is 2.16. The van der Waals surface area contributed by atoms with Gasteiger partial charge in [0.05, 0.1) is 5.75 Å². The SMILES string of the molecule is Cc1c(=O)o[nH][n+]1CCSC12CC3CC(CC(C3)C1)C2. The number of hydrogen-bond acceptors (Lipinski definition) is 3. The molecule has 20 heavy (non-hydrogen) atoms. The molecule has 0 radical (unpaired) electrons. The summed E-state index contributed by atoms with van der Waals surface area (Å²) in [5.74, 6) is 4.11. The first-order valence-electron chi connectivity index (χ1n) is 7.85. The van der Waals surface area contributed by atoms with Crippen LogP contribution in [0.1, 0.15) is 44.2 Å². The van der Waals surface area contributed by atoms with Gasteiger partial charge < -0.3 is 0 Å². The van der Waals surface area contributed by atoms with E-state index in [0.717, 1.165) is 30.1 Å².